The van der Waals surface area contributed by atoms with Gasteiger partial charge in [0.25, 0.3) is 0 Å². The van der Waals surface area contributed by atoms with E-state index in [1.165, 1.54) is 23.5 Å². The SMILES string of the molecule is CCN(C(=O)C(NC(=O)OC(C)(C)C)C(C)C)C(C(=O)NC1CCCCC1)c1ccc(O)cc1. The van der Waals surface area contributed by atoms with Crippen LogP contribution < -0.4 is 10.6 Å². The van der Waals surface area contributed by atoms with Crippen LogP contribution in [0.4, 0.5) is 4.79 Å². The Morgan fingerprint density at radius 3 is 2.18 bits per heavy atom. The summed E-state index contributed by atoms with van der Waals surface area (Å²) in [5.41, 5.74) is -0.103. The van der Waals surface area contributed by atoms with E-state index in [-0.39, 0.29) is 36.1 Å². The molecule has 190 valence electrons. The monoisotopic (exact) mass is 475 g/mol. The molecule has 34 heavy (non-hydrogen) atoms. The highest BCUT2D eigenvalue weighted by molar-refractivity contribution is 5.92. The normalized spacial score (nSPS) is 16.4. The highest BCUT2D eigenvalue weighted by Gasteiger charge is 2.37. The first kappa shape index (κ1) is 27.5. The highest BCUT2D eigenvalue weighted by atomic mass is 16.6. The predicted molar refractivity (Wildman–Crippen MR) is 131 cm³/mol. The van der Waals surface area contributed by atoms with Crippen LogP contribution >= 0.6 is 0 Å². The minimum atomic E-state index is -0.887. The van der Waals surface area contributed by atoms with Crippen LogP contribution in [0.15, 0.2) is 24.3 Å². The maximum atomic E-state index is 13.7. The van der Waals surface area contributed by atoms with Gasteiger partial charge in [0, 0.05) is 12.6 Å². The summed E-state index contributed by atoms with van der Waals surface area (Å²) in [4.78, 5) is 41.2. The van der Waals surface area contributed by atoms with Gasteiger partial charge in [-0.2, -0.15) is 0 Å². The first-order valence-corrected chi connectivity index (χ1v) is 12.3. The number of phenolic OH excluding ortho intramolecular Hbond substituents is 1. The lowest BCUT2D eigenvalue weighted by Crippen LogP contribution is -2.55. The molecule has 0 heterocycles. The van der Waals surface area contributed by atoms with Gasteiger partial charge in [0.15, 0.2) is 0 Å². The zero-order chi connectivity index (χ0) is 25.5. The van der Waals surface area contributed by atoms with Crippen LogP contribution in [0.1, 0.15) is 85.3 Å². The number of rotatable bonds is 8. The lowest BCUT2D eigenvalue weighted by molar-refractivity contribution is -0.143. The fourth-order valence-corrected chi connectivity index (χ4v) is 4.25. The second-order valence-electron chi connectivity index (χ2n) is 10.3. The summed E-state index contributed by atoms with van der Waals surface area (Å²) >= 11 is 0. The highest BCUT2D eigenvalue weighted by Crippen LogP contribution is 2.27. The maximum Gasteiger partial charge on any atom is 0.408 e. The predicted octanol–water partition coefficient (Wildman–Crippen LogP) is 4.28. The van der Waals surface area contributed by atoms with Gasteiger partial charge in [-0.25, -0.2) is 4.79 Å². The number of benzene rings is 1. The number of alkyl carbamates (subject to hydrolysis) is 1. The smallest absolute Gasteiger partial charge is 0.408 e. The number of phenols is 1. The van der Waals surface area contributed by atoms with Gasteiger partial charge >= 0.3 is 6.09 Å². The zero-order valence-corrected chi connectivity index (χ0v) is 21.4. The standard InChI is InChI=1S/C26H41N3O5/c1-7-29(24(32)21(17(2)3)28-25(33)34-26(4,5)6)22(18-13-15-20(30)16-14-18)23(31)27-19-11-9-8-10-12-19/h13-17,19,21-22,30H,7-12H2,1-6H3,(H,27,31)(H,28,33). The van der Waals surface area contributed by atoms with Gasteiger partial charge in [-0.3, -0.25) is 9.59 Å². The Bertz CT molecular complexity index is 826. The quantitative estimate of drug-likeness (QED) is 0.520. The molecule has 8 heteroatoms. The third-order valence-electron chi connectivity index (χ3n) is 5.95. The molecule has 1 aromatic rings. The summed E-state index contributed by atoms with van der Waals surface area (Å²) < 4.78 is 5.36. The number of ether oxygens (including phenoxy) is 1. The van der Waals surface area contributed by atoms with Gasteiger partial charge in [-0.1, -0.05) is 45.2 Å². The Balaban J connectivity index is 2.34. The lowest BCUT2D eigenvalue weighted by atomic mass is 9.94. The second-order valence-corrected chi connectivity index (χ2v) is 10.3. The van der Waals surface area contributed by atoms with Gasteiger partial charge in [0.1, 0.15) is 23.4 Å². The van der Waals surface area contributed by atoms with E-state index < -0.39 is 23.8 Å². The van der Waals surface area contributed by atoms with Crippen molar-refractivity contribution in [1.82, 2.24) is 15.5 Å². The van der Waals surface area contributed by atoms with E-state index in [1.807, 2.05) is 20.8 Å². The van der Waals surface area contributed by atoms with Crippen molar-refractivity contribution in [2.45, 2.75) is 97.4 Å². The molecule has 8 nitrogen and oxygen atoms in total. The van der Waals surface area contributed by atoms with Crippen molar-refractivity contribution in [2.24, 2.45) is 5.92 Å². The fourth-order valence-electron chi connectivity index (χ4n) is 4.25. The first-order chi connectivity index (χ1) is 15.9. The minimum Gasteiger partial charge on any atom is -0.508 e. The minimum absolute atomic E-state index is 0.0791. The van der Waals surface area contributed by atoms with Crippen LogP contribution in [0.5, 0.6) is 5.75 Å². The number of nitrogens with one attached hydrogen (secondary N) is 2. The van der Waals surface area contributed by atoms with Crippen molar-refractivity contribution in [2.75, 3.05) is 6.54 Å². The largest absolute Gasteiger partial charge is 0.508 e. The molecular formula is C26H41N3O5. The van der Waals surface area contributed by atoms with Crippen LogP contribution in [-0.2, 0) is 14.3 Å². The van der Waals surface area contributed by atoms with Gasteiger partial charge in [0.2, 0.25) is 11.8 Å². The van der Waals surface area contributed by atoms with E-state index in [0.29, 0.717) is 5.56 Å². The molecule has 1 aromatic carbocycles. The van der Waals surface area contributed by atoms with Crippen molar-refractivity contribution in [1.29, 1.82) is 0 Å². The second kappa shape index (κ2) is 12.1. The topological polar surface area (TPSA) is 108 Å². The molecule has 0 bridgehead atoms. The fraction of sp³-hybridized carbons (Fsp3) is 0.654. The third-order valence-corrected chi connectivity index (χ3v) is 5.95. The molecule has 3 N–H and O–H groups in total. The molecule has 1 fully saturated rings. The molecular weight excluding hydrogens is 434 g/mol. The zero-order valence-electron chi connectivity index (χ0n) is 21.4. The molecule has 2 atom stereocenters. The molecule has 0 saturated heterocycles. The Labute approximate surface area is 203 Å². The number of aromatic hydroxyl groups is 1. The lowest BCUT2D eigenvalue weighted by Gasteiger charge is -2.36. The van der Waals surface area contributed by atoms with Crippen LogP contribution in [0.2, 0.25) is 0 Å². The van der Waals surface area contributed by atoms with Crippen LogP contribution in [-0.4, -0.2) is 52.1 Å². The molecule has 1 saturated carbocycles. The van der Waals surface area contributed by atoms with Gasteiger partial charge in [0.05, 0.1) is 0 Å². The van der Waals surface area contributed by atoms with E-state index in [1.54, 1.807) is 32.9 Å². The Kier molecular flexibility index (Phi) is 9.77. The average molecular weight is 476 g/mol. The number of carbonyl (C=O) groups excluding carboxylic acids is 3. The van der Waals surface area contributed by atoms with Crippen molar-refractivity contribution in [3.05, 3.63) is 29.8 Å². The molecule has 2 unspecified atom stereocenters. The number of hydrogen-bond donors (Lipinski definition) is 3. The van der Waals surface area contributed by atoms with Gasteiger partial charge < -0.3 is 25.4 Å². The van der Waals surface area contributed by atoms with Crippen LogP contribution in [0.25, 0.3) is 0 Å². The third kappa shape index (κ3) is 7.92. The number of hydrogen-bond acceptors (Lipinski definition) is 5. The van der Waals surface area contributed by atoms with E-state index in [2.05, 4.69) is 10.6 Å². The molecule has 0 spiro atoms. The van der Waals surface area contributed by atoms with E-state index in [0.717, 1.165) is 25.7 Å². The molecule has 1 aliphatic carbocycles. The van der Waals surface area contributed by atoms with Crippen molar-refractivity contribution in [3.63, 3.8) is 0 Å². The van der Waals surface area contributed by atoms with Crippen LogP contribution in [0.3, 0.4) is 0 Å². The van der Waals surface area contributed by atoms with E-state index >= 15 is 0 Å². The molecule has 0 radical (unpaired) electrons. The van der Waals surface area contributed by atoms with E-state index in [4.69, 9.17) is 4.74 Å². The molecule has 1 aliphatic rings. The molecule has 3 amide bonds. The van der Waals surface area contributed by atoms with Crippen LogP contribution in [0, 0.1) is 5.92 Å². The summed E-state index contributed by atoms with van der Waals surface area (Å²) in [6, 6.07) is 4.65. The summed E-state index contributed by atoms with van der Waals surface area (Å²) in [6.45, 7) is 11.0. The summed E-state index contributed by atoms with van der Waals surface area (Å²) in [5.74, 6) is -0.764. The Morgan fingerprint density at radius 1 is 1.09 bits per heavy atom. The Morgan fingerprint density at radius 2 is 1.68 bits per heavy atom. The molecule has 2 rings (SSSR count). The van der Waals surface area contributed by atoms with Crippen molar-refractivity contribution < 1.29 is 24.2 Å². The number of nitrogens with zero attached hydrogens (tertiary/aromatic N) is 1. The first-order valence-electron chi connectivity index (χ1n) is 12.3. The summed E-state index contributed by atoms with van der Waals surface area (Å²) in [6.07, 6.45) is 4.47. The average Bonchev–Trinajstić information content (AvgIpc) is 2.75. The van der Waals surface area contributed by atoms with Crippen molar-refractivity contribution >= 4 is 17.9 Å². The van der Waals surface area contributed by atoms with Gasteiger partial charge in [-0.15, -0.1) is 0 Å². The van der Waals surface area contributed by atoms with Gasteiger partial charge in [-0.05, 0) is 64.2 Å². The number of amides is 3. The Hall–Kier alpha value is -2.77. The summed E-state index contributed by atoms with van der Waals surface area (Å²) in [7, 11) is 0. The number of carbonyl (C=O) groups is 3. The molecule has 0 aliphatic heterocycles. The van der Waals surface area contributed by atoms with Crippen molar-refractivity contribution in [3.8, 4) is 5.75 Å². The summed E-state index contributed by atoms with van der Waals surface area (Å²) in [5, 5.41) is 15.6. The number of likely N-dealkylation sites (N-methyl/N-ethyl adjacent to an activating group) is 1. The van der Waals surface area contributed by atoms with E-state index in [9.17, 15) is 19.5 Å². The maximum absolute atomic E-state index is 13.7. The molecule has 0 aromatic heterocycles.